The monoisotopic (exact) mass is 426 g/mol. The molecule has 0 atom stereocenters. The Balaban J connectivity index is 1.58. The minimum atomic E-state index is -3.51. The van der Waals surface area contributed by atoms with Crippen LogP contribution >= 0.6 is 11.6 Å². The molecular weight excluding hydrogens is 407 g/mol. The van der Waals surface area contributed by atoms with Crippen LogP contribution in [0.15, 0.2) is 47.4 Å². The summed E-state index contributed by atoms with van der Waals surface area (Å²) in [7, 11) is -3.51. The van der Waals surface area contributed by atoms with Gasteiger partial charge in [0.05, 0.1) is 9.92 Å². The van der Waals surface area contributed by atoms with Crippen molar-refractivity contribution in [3.05, 3.63) is 53.3 Å². The summed E-state index contributed by atoms with van der Waals surface area (Å²) in [6.07, 6.45) is 2.78. The number of hydrogen-bond acceptors (Lipinski definition) is 4. The molecule has 9 heteroatoms. The van der Waals surface area contributed by atoms with Crippen LogP contribution in [0.25, 0.3) is 0 Å². The molecule has 2 aromatic rings. The molecule has 1 aliphatic rings. The second-order valence-electron chi connectivity index (χ2n) is 6.40. The molecular formula is C19H20ClFN2O4S. The van der Waals surface area contributed by atoms with Crippen molar-refractivity contribution in [2.75, 3.05) is 25.0 Å². The predicted molar refractivity (Wildman–Crippen MR) is 105 cm³/mol. The standard InChI is InChI=1S/C19H20ClFN2O4S/c20-17-12-14(21)4-9-18(17)27-13-19(24)22-15-5-7-16(8-6-15)28(25,26)23-10-2-1-3-11-23/h4-9,12H,1-3,10-11,13H2,(H,22,24). The Morgan fingerprint density at radius 1 is 1.11 bits per heavy atom. The molecule has 1 heterocycles. The first kappa shape index (κ1) is 20.6. The van der Waals surface area contributed by atoms with Crippen LogP contribution in [-0.4, -0.2) is 38.3 Å². The Hall–Kier alpha value is -2.16. The van der Waals surface area contributed by atoms with E-state index in [1.807, 2.05) is 0 Å². The number of ether oxygens (including phenoxy) is 1. The third kappa shape index (κ3) is 5.01. The number of nitrogens with one attached hydrogen (secondary N) is 1. The van der Waals surface area contributed by atoms with Gasteiger partial charge in [-0.15, -0.1) is 0 Å². The number of benzene rings is 2. The average molecular weight is 427 g/mol. The number of halogens is 2. The van der Waals surface area contributed by atoms with E-state index >= 15 is 0 Å². The maximum atomic E-state index is 13.0. The third-order valence-corrected chi connectivity index (χ3v) is 6.55. The number of hydrogen-bond donors (Lipinski definition) is 1. The van der Waals surface area contributed by atoms with Gasteiger partial charge in [-0.1, -0.05) is 18.0 Å². The number of rotatable bonds is 6. The highest BCUT2D eigenvalue weighted by Crippen LogP contribution is 2.25. The number of piperidine rings is 1. The van der Waals surface area contributed by atoms with Crippen LogP contribution in [0.2, 0.25) is 5.02 Å². The zero-order chi connectivity index (χ0) is 20.1. The van der Waals surface area contributed by atoms with Crippen LogP contribution < -0.4 is 10.1 Å². The molecule has 1 saturated heterocycles. The maximum absolute atomic E-state index is 13.0. The molecule has 0 aliphatic carbocycles. The molecule has 1 fully saturated rings. The van der Waals surface area contributed by atoms with Crippen LogP contribution in [0.3, 0.4) is 0 Å². The van der Waals surface area contributed by atoms with Gasteiger partial charge in [0.2, 0.25) is 10.0 Å². The fraction of sp³-hybridized carbons (Fsp3) is 0.316. The Morgan fingerprint density at radius 3 is 2.43 bits per heavy atom. The molecule has 1 amide bonds. The first-order valence-corrected chi connectivity index (χ1v) is 10.7. The van der Waals surface area contributed by atoms with Gasteiger partial charge < -0.3 is 10.1 Å². The molecule has 1 aliphatic heterocycles. The second kappa shape index (κ2) is 8.89. The topological polar surface area (TPSA) is 75.7 Å². The van der Waals surface area contributed by atoms with E-state index in [0.717, 1.165) is 25.3 Å². The fourth-order valence-electron chi connectivity index (χ4n) is 2.90. The summed E-state index contributed by atoms with van der Waals surface area (Å²) >= 11 is 5.84. The van der Waals surface area contributed by atoms with Crippen molar-refractivity contribution in [3.8, 4) is 5.75 Å². The van der Waals surface area contributed by atoms with Gasteiger partial charge in [0, 0.05) is 18.8 Å². The quantitative estimate of drug-likeness (QED) is 0.764. The second-order valence-corrected chi connectivity index (χ2v) is 8.75. The highest BCUT2D eigenvalue weighted by Gasteiger charge is 2.25. The zero-order valence-electron chi connectivity index (χ0n) is 15.0. The smallest absolute Gasteiger partial charge is 0.262 e. The average Bonchev–Trinajstić information content (AvgIpc) is 2.68. The molecule has 0 unspecified atom stereocenters. The lowest BCUT2D eigenvalue weighted by atomic mass is 10.2. The lowest BCUT2D eigenvalue weighted by Crippen LogP contribution is -2.35. The van der Waals surface area contributed by atoms with E-state index in [0.29, 0.717) is 18.8 Å². The Bertz CT molecular complexity index is 945. The summed E-state index contributed by atoms with van der Waals surface area (Å²) in [5.41, 5.74) is 0.441. The zero-order valence-corrected chi connectivity index (χ0v) is 16.6. The van der Waals surface area contributed by atoms with Crippen molar-refractivity contribution in [1.82, 2.24) is 4.31 Å². The van der Waals surface area contributed by atoms with Crippen molar-refractivity contribution in [2.45, 2.75) is 24.2 Å². The van der Waals surface area contributed by atoms with E-state index in [2.05, 4.69) is 5.32 Å². The van der Waals surface area contributed by atoms with Crippen LogP contribution in [0.5, 0.6) is 5.75 Å². The molecule has 1 N–H and O–H groups in total. The lowest BCUT2D eigenvalue weighted by molar-refractivity contribution is -0.118. The highest BCUT2D eigenvalue weighted by molar-refractivity contribution is 7.89. The summed E-state index contributed by atoms with van der Waals surface area (Å²) in [6, 6.07) is 9.61. The molecule has 3 rings (SSSR count). The van der Waals surface area contributed by atoms with Crippen molar-refractivity contribution in [1.29, 1.82) is 0 Å². The normalized spacial score (nSPS) is 15.2. The molecule has 150 valence electrons. The Morgan fingerprint density at radius 2 is 1.79 bits per heavy atom. The fourth-order valence-corrected chi connectivity index (χ4v) is 4.64. The number of sulfonamides is 1. The largest absolute Gasteiger partial charge is 0.482 e. The van der Waals surface area contributed by atoms with E-state index in [9.17, 15) is 17.6 Å². The molecule has 0 saturated carbocycles. The van der Waals surface area contributed by atoms with Gasteiger partial charge >= 0.3 is 0 Å². The summed E-state index contributed by atoms with van der Waals surface area (Å²) < 4.78 is 45.0. The number of carbonyl (C=O) groups excluding carboxylic acids is 1. The van der Waals surface area contributed by atoms with Crippen molar-refractivity contribution >= 4 is 33.2 Å². The van der Waals surface area contributed by atoms with Crippen molar-refractivity contribution in [3.63, 3.8) is 0 Å². The summed E-state index contributed by atoms with van der Waals surface area (Å²) in [6.45, 7) is 0.743. The van der Waals surface area contributed by atoms with E-state index in [4.69, 9.17) is 16.3 Å². The molecule has 0 radical (unpaired) electrons. The first-order chi connectivity index (χ1) is 13.4. The molecule has 6 nitrogen and oxygen atoms in total. The predicted octanol–water partition coefficient (Wildman–Crippen LogP) is 3.67. The van der Waals surface area contributed by atoms with Crippen molar-refractivity contribution in [2.24, 2.45) is 0 Å². The number of anilines is 1. The van der Waals surface area contributed by atoms with Crippen LogP contribution in [0.1, 0.15) is 19.3 Å². The van der Waals surface area contributed by atoms with Gasteiger partial charge in [-0.25, -0.2) is 12.8 Å². The van der Waals surface area contributed by atoms with Crippen molar-refractivity contribution < 1.29 is 22.3 Å². The van der Waals surface area contributed by atoms with Gasteiger partial charge in [0.25, 0.3) is 5.91 Å². The van der Waals surface area contributed by atoms with Crippen LogP contribution in [0.4, 0.5) is 10.1 Å². The van der Waals surface area contributed by atoms with Crippen LogP contribution in [-0.2, 0) is 14.8 Å². The molecule has 2 aromatic carbocycles. The highest BCUT2D eigenvalue weighted by atomic mass is 35.5. The van der Waals surface area contributed by atoms with E-state index in [-0.39, 0.29) is 22.3 Å². The molecule has 0 aromatic heterocycles. The summed E-state index contributed by atoms with van der Waals surface area (Å²) in [5, 5.41) is 2.68. The molecule has 0 bridgehead atoms. The lowest BCUT2D eigenvalue weighted by Gasteiger charge is -2.25. The van der Waals surface area contributed by atoms with Gasteiger partial charge in [0.15, 0.2) is 6.61 Å². The number of nitrogens with zero attached hydrogens (tertiary/aromatic N) is 1. The number of amides is 1. The van der Waals surface area contributed by atoms with Gasteiger partial charge in [-0.05, 0) is 55.3 Å². The van der Waals surface area contributed by atoms with Gasteiger partial charge in [0.1, 0.15) is 11.6 Å². The Labute approximate surface area is 168 Å². The first-order valence-electron chi connectivity index (χ1n) is 8.84. The Kier molecular flexibility index (Phi) is 6.53. The van der Waals surface area contributed by atoms with Gasteiger partial charge in [-0.2, -0.15) is 4.31 Å². The minimum absolute atomic E-state index is 0.0695. The third-order valence-electron chi connectivity index (χ3n) is 4.34. The van der Waals surface area contributed by atoms with E-state index < -0.39 is 21.7 Å². The number of carbonyl (C=O) groups is 1. The SMILES string of the molecule is O=C(COc1ccc(F)cc1Cl)Nc1ccc(S(=O)(=O)N2CCCCC2)cc1. The maximum Gasteiger partial charge on any atom is 0.262 e. The minimum Gasteiger partial charge on any atom is -0.482 e. The van der Waals surface area contributed by atoms with E-state index in [1.54, 1.807) is 0 Å². The van der Waals surface area contributed by atoms with Gasteiger partial charge in [-0.3, -0.25) is 4.79 Å². The summed E-state index contributed by atoms with van der Waals surface area (Å²) in [5.74, 6) is -0.755. The molecule has 28 heavy (non-hydrogen) atoms. The van der Waals surface area contributed by atoms with E-state index in [1.165, 1.54) is 40.7 Å². The van der Waals surface area contributed by atoms with Crippen LogP contribution in [0, 0.1) is 5.82 Å². The molecule has 0 spiro atoms. The summed E-state index contributed by atoms with van der Waals surface area (Å²) in [4.78, 5) is 12.2.